The lowest BCUT2D eigenvalue weighted by atomic mass is 9.33. The molecule has 0 spiro atoms. The first-order chi connectivity index (χ1) is 55.1. The fourth-order valence-electron chi connectivity index (χ4n) is 19.2. The van der Waals surface area contributed by atoms with Crippen LogP contribution in [0.4, 0.5) is 39.8 Å². The lowest BCUT2D eigenvalue weighted by molar-refractivity contribution is 0.590. The van der Waals surface area contributed by atoms with Crippen molar-refractivity contribution in [3.63, 3.8) is 0 Å². The highest BCUT2D eigenvalue weighted by Crippen LogP contribution is 2.60. The van der Waals surface area contributed by atoms with E-state index in [-0.39, 0.29) is 28.4 Å². The minimum atomic E-state index is -0.365. The number of rotatable bonds is 8. The maximum absolute atomic E-state index is 8.31. The molecule has 0 saturated carbocycles. The fraction of sp³-hybridized carbons (Fsp3) is 0.150. The van der Waals surface area contributed by atoms with Crippen LogP contribution >= 0.6 is 0 Å². The number of nitrogens with zero attached hydrogens (tertiary/aromatic N) is 6. The molecule has 0 unspecified atom stereocenters. The van der Waals surface area contributed by atoms with Gasteiger partial charge in [0.2, 0.25) is 0 Å². The van der Waals surface area contributed by atoms with E-state index in [0.717, 1.165) is 123 Å². The predicted octanol–water partition coefficient (Wildman–Crippen LogP) is 27.5. The SMILES string of the molecule is [C-]#[N+]c1ccc2c(c1)c1ccccc1n2-c1ccc2c(c1)N(c1c(-c3ccccc3)cc(C(C)(C)C)cc1-c1ccccc1)c1c3c(c4c5ccccc5n5c6ccccc6c1c45)N(c1c(-c4ccccc4)cc(C(C)(C)C)cc1-c1ccccc1)c1cc(-n4c5ccc(C(C)(C)C)cc5c5cc(C(C)(C)C)ccc54)ccc1B23. The molecule has 15 aromatic carbocycles. The van der Waals surface area contributed by atoms with Gasteiger partial charge in [-0.2, -0.15) is 0 Å². The van der Waals surface area contributed by atoms with Gasteiger partial charge in [-0.25, -0.2) is 4.85 Å². The van der Waals surface area contributed by atoms with Crippen LogP contribution in [-0.4, -0.2) is 20.2 Å². The van der Waals surface area contributed by atoms with Crippen LogP contribution in [0.2, 0.25) is 0 Å². The third-order valence-electron chi connectivity index (χ3n) is 24.9. The van der Waals surface area contributed by atoms with Crippen molar-refractivity contribution in [3.8, 4) is 55.9 Å². The summed E-state index contributed by atoms with van der Waals surface area (Å²) in [6.07, 6.45) is 0. The molecule has 6 heterocycles. The van der Waals surface area contributed by atoms with E-state index >= 15 is 0 Å². The second kappa shape index (κ2) is 24.9. The molecule has 19 aromatic rings. The molecule has 2 aliphatic heterocycles. The van der Waals surface area contributed by atoms with Crippen molar-refractivity contribution in [2.24, 2.45) is 0 Å². The van der Waals surface area contributed by atoms with E-state index in [9.17, 15) is 0 Å². The van der Waals surface area contributed by atoms with Crippen LogP contribution in [0, 0.1) is 6.57 Å². The molecule has 0 bridgehead atoms. The van der Waals surface area contributed by atoms with Crippen LogP contribution < -0.4 is 26.2 Å². The number of hydrogen-bond acceptors (Lipinski definition) is 2. The molecule has 0 fully saturated rings. The summed E-state index contributed by atoms with van der Waals surface area (Å²) in [5.41, 5.74) is 34.5. The van der Waals surface area contributed by atoms with Gasteiger partial charge in [-0.05, 0) is 191 Å². The molecular weight excluding hydrogens is 1380 g/mol. The summed E-state index contributed by atoms with van der Waals surface area (Å²) in [7, 11) is 0. The number of fused-ring (bicyclic) bond motifs is 18. The number of aromatic nitrogens is 3. The van der Waals surface area contributed by atoms with Gasteiger partial charge in [-0.15, -0.1) is 0 Å². The van der Waals surface area contributed by atoms with Gasteiger partial charge in [-0.3, -0.25) is 0 Å². The highest BCUT2D eigenvalue weighted by Gasteiger charge is 2.49. The minimum absolute atomic E-state index is 0.0867. The van der Waals surface area contributed by atoms with Gasteiger partial charge in [0.1, 0.15) is 0 Å². The molecule has 2 aliphatic rings. The summed E-state index contributed by atoms with van der Waals surface area (Å²) in [5, 5.41) is 9.41. The average Bonchev–Trinajstić information content (AvgIpc) is 1.42. The van der Waals surface area contributed by atoms with Crippen molar-refractivity contribution in [1.82, 2.24) is 13.5 Å². The van der Waals surface area contributed by atoms with E-state index in [1.54, 1.807) is 0 Å². The Morgan fingerprint density at radius 2 is 0.614 bits per heavy atom. The van der Waals surface area contributed by atoms with Gasteiger partial charge < -0.3 is 23.3 Å². The van der Waals surface area contributed by atoms with Crippen molar-refractivity contribution in [3.05, 3.63) is 343 Å². The predicted molar refractivity (Wildman–Crippen MR) is 487 cm³/mol. The first-order valence-corrected chi connectivity index (χ1v) is 40.3. The first kappa shape index (κ1) is 68.9. The summed E-state index contributed by atoms with van der Waals surface area (Å²) in [6, 6.07) is 118. The van der Waals surface area contributed by atoms with Crippen LogP contribution in [0.25, 0.3) is 142 Å². The standard InChI is InChI=1S/C107H87BN6/c1-104(2,3)69-46-53-91-83(56-69)84-57-70(105(4,5)6)47-54-92(84)111(91)75-50-52-87-95(64-75)114(100-81(67-36-22-16-23-37-67)60-72(107(10,11)12)61-82(100)68-38-24-17-25-39-68)103-97-78-42-28-31-45-90(78)112-89-44-30-27-41-77(89)96(101(97)112)102-98(103)108(87)86-51-49-74(110-88-43-29-26-40-76(88)85-62-73(109-13)48-55-93(85)110)63-94(86)113(102)99-79(65-32-18-14-19-33-65)58-71(106(7,8)9)59-80(99)66-34-20-15-21-35-66/h14-64H,1-12H3. The van der Waals surface area contributed by atoms with Crippen LogP contribution in [0.3, 0.4) is 0 Å². The zero-order valence-electron chi connectivity index (χ0n) is 66.7. The zero-order valence-corrected chi connectivity index (χ0v) is 66.7. The molecular formula is C107H87BN6. The summed E-state index contributed by atoms with van der Waals surface area (Å²) in [5.74, 6) is 0. The minimum Gasteiger partial charge on any atom is -0.309 e. The molecule has 0 atom stereocenters. The second-order valence-electron chi connectivity index (χ2n) is 35.9. The van der Waals surface area contributed by atoms with Crippen LogP contribution in [0.15, 0.2) is 309 Å². The average molecular weight is 1470 g/mol. The van der Waals surface area contributed by atoms with E-state index in [0.29, 0.717) is 5.69 Å². The van der Waals surface area contributed by atoms with Crippen molar-refractivity contribution >= 4 is 145 Å². The molecule has 114 heavy (non-hydrogen) atoms. The van der Waals surface area contributed by atoms with Crippen LogP contribution in [0.5, 0.6) is 0 Å². The van der Waals surface area contributed by atoms with E-state index in [2.05, 4.69) is 415 Å². The lowest BCUT2D eigenvalue weighted by Crippen LogP contribution is -2.61. The molecule has 0 radical (unpaired) electrons. The van der Waals surface area contributed by atoms with E-state index in [1.807, 2.05) is 6.07 Å². The highest BCUT2D eigenvalue weighted by atomic mass is 15.2. The Hall–Kier alpha value is -13.1. The van der Waals surface area contributed by atoms with E-state index in [4.69, 9.17) is 6.57 Å². The summed E-state index contributed by atoms with van der Waals surface area (Å²) in [4.78, 5) is 9.60. The van der Waals surface area contributed by atoms with Crippen molar-refractivity contribution in [1.29, 1.82) is 0 Å². The lowest BCUT2D eigenvalue weighted by Gasteiger charge is -2.46. The molecule has 7 heteroatoms. The zero-order chi connectivity index (χ0) is 77.8. The maximum Gasteiger partial charge on any atom is 0.252 e. The Morgan fingerprint density at radius 3 is 0.991 bits per heavy atom. The van der Waals surface area contributed by atoms with E-state index in [1.165, 1.54) is 87.5 Å². The van der Waals surface area contributed by atoms with Gasteiger partial charge in [0.15, 0.2) is 5.69 Å². The van der Waals surface area contributed by atoms with Gasteiger partial charge in [-0.1, -0.05) is 289 Å². The number of benzene rings is 15. The number of anilines is 6. The number of hydrogen-bond donors (Lipinski definition) is 0. The van der Waals surface area contributed by atoms with Gasteiger partial charge >= 0.3 is 0 Å². The smallest absolute Gasteiger partial charge is 0.252 e. The molecule has 0 N–H and O–H groups in total. The molecule has 6 nitrogen and oxygen atoms in total. The van der Waals surface area contributed by atoms with Gasteiger partial charge in [0.25, 0.3) is 6.71 Å². The highest BCUT2D eigenvalue weighted by molar-refractivity contribution is 7.01. The monoisotopic (exact) mass is 1470 g/mol. The largest absolute Gasteiger partial charge is 0.309 e. The molecule has 21 rings (SSSR count). The summed E-state index contributed by atoms with van der Waals surface area (Å²) in [6.45, 7) is 36.1. The molecule has 0 saturated heterocycles. The quantitative estimate of drug-likeness (QED) is 0.112. The number of para-hydroxylation sites is 3. The van der Waals surface area contributed by atoms with Crippen molar-refractivity contribution < 1.29 is 0 Å². The summed E-state index contributed by atoms with van der Waals surface area (Å²) < 4.78 is 7.65. The summed E-state index contributed by atoms with van der Waals surface area (Å²) >= 11 is 0. The Kier molecular flexibility index (Phi) is 15.1. The molecule has 548 valence electrons. The first-order valence-electron chi connectivity index (χ1n) is 40.3. The van der Waals surface area contributed by atoms with Crippen molar-refractivity contribution in [2.75, 3.05) is 9.80 Å². The fourth-order valence-corrected chi connectivity index (χ4v) is 19.2. The topological polar surface area (TPSA) is 25.1 Å². The molecule has 0 amide bonds. The normalized spacial score (nSPS) is 13.2. The maximum atomic E-state index is 8.31. The van der Waals surface area contributed by atoms with Gasteiger partial charge in [0.05, 0.1) is 67.9 Å². The van der Waals surface area contributed by atoms with E-state index < -0.39 is 0 Å². The Labute approximate surface area is 667 Å². The Morgan fingerprint density at radius 1 is 0.281 bits per heavy atom. The molecule has 4 aromatic heterocycles. The van der Waals surface area contributed by atoms with Crippen LogP contribution in [-0.2, 0) is 21.7 Å². The van der Waals surface area contributed by atoms with Gasteiger partial charge in [0, 0.05) is 82.7 Å². The van der Waals surface area contributed by atoms with Crippen LogP contribution in [0.1, 0.15) is 105 Å². The Bertz CT molecular complexity index is 6990. The second-order valence-corrected chi connectivity index (χ2v) is 35.9. The Balaban J connectivity index is 1.01. The third kappa shape index (κ3) is 10.3. The van der Waals surface area contributed by atoms with Crippen molar-refractivity contribution in [2.45, 2.75) is 105 Å². The third-order valence-corrected chi connectivity index (χ3v) is 24.9. The molecule has 0 aliphatic carbocycles.